The maximum absolute atomic E-state index is 11.9. The van der Waals surface area contributed by atoms with Gasteiger partial charge in [-0.15, -0.1) is 0 Å². The lowest BCUT2D eigenvalue weighted by molar-refractivity contribution is -0.137. The van der Waals surface area contributed by atoms with Gasteiger partial charge in [0.1, 0.15) is 0 Å². The van der Waals surface area contributed by atoms with Gasteiger partial charge in [0.25, 0.3) is 0 Å². The van der Waals surface area contributed by atoms with Crippen molar-refractivity contribution in [3.63, 3.8) is 0 Å². The third kappa shape index (κ3) is 2.69. The molecule has 1 unspecified atom stereocenters. The van der Waals surface area contributed by atoms with E-state index in [1.807, 2.05) is 31.2 Å². The molecule has 1 saturated heterocycles. The van der Waals surface area contributed by atoms with Gasteiger partial charge in [-0.1, -0.05) is 29.8 Å². The van der Waals surface area contributed by atoms with Crippen molar-refractivity contribution in [3.8, 4) is 6.07 Å². The van der Waals surface area contributed by atoms with Crippen LogP contribution in [0.5, 0.6) is 0 Å². The van der Waals surface area contributed by atoms with Gasteiger partial charge in [0, 0.05) is 13.1 Å². The Kier molecular flexibility index (Phi) is 3.63. The topological polar surface area (TPSA) is 70.1 Å². The SMILES string of the molecule is Cc1ccc(CC(N)C(=O)N2CC(C#N)C2)cc1. The summed E-state index contributed by atoms with van der Waals surface area (Å²) in [5.74, 6) is -0.0670. The summed E-state index contributed by atoms with van der Waals surface area (Å²) in [6.07, 6.45) is 0.548. The molecule has 4 heteroatoms. The average molecular weight is 243 g/mol. The molecule has 1 fully saturated rings. The number of aryl methyl sites for hydroxylation is 1. The molecule has 1 atom stereocenters. The Morgan fingerprint density at radius 2 is 2.11 bits per heavy atom. The summed E-state index contributed by atoms with van der Waals surface area (Å²) in [6, 6.07) is 9.66. The first-order valence-electron chi connectivity index (χ1n) is 6.09. The number of rotatable bonds is 3. The lowest BCUT2D eigenvalue weighted by atomic mass is 9.98. The Morgan fingerprint density at radius 3 is 2.67 bits per heavy atom. The fraction of sp³-hybridized carbons (Fsp3) is 0.429. The normalized spacial score (nSPS) is 16.8. The van der Waals surface area contributed by atoms with E-state index in [4.69, 9.17) is 11.0 Å². The number of nitrogens with two attached hydrogens (primary N) is 1. The van der Waals surface area contributed by atoms with Crippen LogP contribution in [0, 0.1) is 24.2 Å². The fourth-order valence-electron chi connectivity index (χ4n) is 2.04. The van der Waals surface area contributed by atoms with Crippen molar-refractivity contribution in [2.45, 2.75) is 19.4 Å². The second-order valence-electron chi connectivity index (χ2n) is 4.87. The maximum atomic E-state index is 11.9. The van der Waals surface area contributed by atoms with Gasteiger partial charge >= 0.3 is 0 Å². The number of carbonyl (C=O) groups excluding carboxylic acids is 1. The molecule has 0 spiro atoms. The highest BCUT2D eigenvalue weighted by atomic mass is 16.2. The van der Waals surface area contributed by atoms with E-state index in [1.165, 1.54) is 5.56 Å². The van der Waals surface area contributed by atoms with Crippen LogP contribution in [0.1, 0.15) is 11.1 Å². The van der Waals surface area contributed by atoms with E-state index < -0.39 is 6.04 Å². The minimum Gasteiger partial charge on any atom is -0.339 e. The molecule has 4 nitrogen and oxygen atoms in total. The fourth-order valence-corrected chi connectivity index (χ4v) is 2.04. The number of nitrogens with zero attached hydrogens (tertiary/aromatic N) is 2. The molecule has 0 bridgehead atoms. The van der Waals surface area contributed by atoms with E-state index in [0.717, 1.165) is 5.56 Å². The number of hydrogen-bond acceptors (Lipinski definition) is 3. The molecule has 2 rings (SSSR count). The van der Waals surface area contributed by atoms with Gasteiger partial charge in [-0.05, 0) is 18.9 Å². The van der Waals surface area contributed by atoms with Crippen LogP contribution in [0.4, 0.5) is 0 Å². The summed E-state index contributed by atoms with van der Waals surface area (Å²) in [6.45, 7) is 3.07. The van der Waals surface area contributed by atoms with Crippen LogP contribution in [0.15, 0.2) is 24.3 Å². The van der Waals surface area contributed by atoms with Crippen molar-refractivity contribution in [3.05, 3.63) is 35.4 Å². The second kappa shape index (κ2) is 5.19. The summed E-state index contributed by atoms with van der Waals surface area (Å²) >= 11 is 0. The van der Waals surface area contributed by atoms with Crippen LogP contribution < -0.4 is 5.73 Å². The average Bonchev–Trinajstić information content (AvgIpc) is 2.30. The Morgan fingerprint density at radius 1 is 1.50 bits per heavy atom. The highest BCUT2D eigenvalue weighted by molar-refractivity contribution is 5.82. The highest BCUT2D eigenvalue weighted by Crippen LogP contribution is 2.16. The van der Waals surface area contributed by atoms with Crippen molar-refractivity contribution in [2.75, 3.05) is 13.1 Å². The van der Waals surface area contributed by atoms with Crippen LogP contribution in [-0.4, -0.2) is 29.9 Å². The van der Waals surface area contributed by atoms with Crippen LogP contribution in [0.2, 0.25) is 0 Å². The first-order valence-corrected chi connectivity index (χ1v) is 6.09. The van der Waals surface area contributed by atoms with Crippen LogP contribution in [-0.2, 0) is 11.2 Å². The molecule has 2 N–H and O–H groups in total. The second-order valence-corrected chi connectivity index (χ2v) is 4.87. The first-order chi connectivity index (χ1) is 8.60. The lowest BCUT2D eigenvalue weighted by Crippen LogP contribution is -2.55. The Labute approximate surface area is 107 Å². The Hall–Kier alpha value is -1.86. The van der Waals surface area contributed by atoms with Gasteiger partial charge in [0.05, 0.1) is 18.0 Å². The molecule has 0 aromatic heterocycles. The van der Waals surface area contributed by atoms with Gasteiger partial charge in [0.2, 0.25) is 5.91 Å². The number of nitriles is 1. The molecule has 0 saturated carbocycles. The number of carbonyl (C=O) groups is 1. The number of likely N-dealkylation sites (tertiary alicyclic amines) is 1. The van der Waals surface area contributed by atoms with Crippen molar-refractivity contribution in [1.29, 1.82) is 5.26 Å². The van der Waals surface area contributed by atoms with Gasteiger partial charge in [-0.3, -0.25) is 4.79 Å². The molecule has 1 aromatic carbocycles. The van der Waals surface area contributed by atoms with Gasteiger partial charge in [-0.25, -0.2) is 0 Å². The van der Waals surface area contributed by atoms with Crippen LogP contribution >= 0.6 is 0 Å². The molecule has 1 aliphatic rings. The summed E-state index contributed by atoms with van der Waals surface area (Å²) in [7, 11) is 0. The Balaban J connectivity index is 1.88. The maximum Gasteiger partial charge on any atom is 0.239 e. The molecule has 1 amide bonds. The quantitative estimate of drug-likeness (QED) is 0.855. The van der Waals surface area contributed by atoms with E-state index in [-0.39, 0.29) is 11.8 Å². The van der Waals surface area contributed by atoms with Crippen molar-refractivity contribution in [1.82, 2.24) is 4.90 Å². The molecular weight excluding hydrogens is 226 g/mol. The lowest BCUT2D eigenvalue weighted by Gasteiger charge is -2.36. The van der Waals surface area contributed by atoms with Crippen molar-refractivity contribution < 1.29 is 4.79 Å². The molecule has 1 heterocycles. The molecule has 18 heavy (non-hydrogen) atoms. The standard InChI is InChI=1S/C14H17N3O/c1-10-2-4-11(5-3-10)6-13(16)14(18)17-8-12(7-15)9-17/h2-5,12-13H,6,8-9,16H2,1H3. The zero-order valence-electron chi connectivity index (χ0n) is 10.5. The number of hydrogen-bond donors (Lipinski definition) is 1. The molecule has 0 radical (unpaired) electrons. The van der Waals surface area contributed by atoms with Gasteiger partial charge in [-0.2, -0.15) is 5.26 Å². The number of benzene rings is 1. The monoisotopic (exact) mass is 243 g/mol. The van der Waals surface area contributed by atoms with E-state index in [9.17, 15) is 4.79 Å². The third-order valence-electron chi connectivity index (χ3n) is 3.27. The molecule has 94 valence electrons. The first kappa shape index (κ1) is 12.6. The summed E-state index contributed by atoms with van der Waals surface area (Å²) in [4.78, 5) is 13.6. The van der Waals surface area contributed by atoms with Crippen LogP contribution in [0.3, 0.4) is 0 Å². The zero-order chi connectivity index (χ0) is 13.1. The zero-order valence-corrected chi connectivity index (χ0v) is 10.5. The summed E-state index contributed by atoms with van der Waals surface area (Å²) < 4.78 is 0. The minimum atomic E-state index is -0.507. The van der Waals surface area contributed by atoms with E-state index >= 15 is 0 Å². The largest absolute Gasteiger partial charge is 0.339 e. The molecule has 0 aliphatic carbocycles. The molecule has 1 aliphatic heterocycles. The van der Waals surface area contributed by atoms with Crippen molar-refractivity contribution >= 4 is 5.91 Å². The van der Waals surface area contributed by atoms with Gasteiger partial charge in [0.15, 0.2) is 0 Å². The van der Waals surface area contributed by atoms with E-state index in [2.05, 4.69) is 6.07 Å². The van der Waals surface area contributed by atoms with Crippen LogP contribution in [0.25, 0.3) is 0 Å². The molecule has 1 aromatic rings. The predicted molar refractivity (Wildman–Crippen MR) is 68.5 cm³/mol. The van der Waals surface area contributed by atoms with E-state index in [1.54, 1.807) is 4.90 Å². The summed E-state index contributed by atoms with van der Waals surface area (Å²) in [5, 5.41) is 8.67. The Bertz CT molecular complexity index is 469. The highest BCUT2D eigenvalue weighted by Gasteiger charge is 2.32. The van der Waals surface area contributed by atoms with Crippen molar-refractivity contribution in [2.24, 2.45) is 11.7 Å². The number of amides is 1. The summed E-state index contributed by atoms with van der Waals surface area (Å²) in [5.41, 5.74) is 8.17. The molecular formula is C14H17N3O. The minimum absolute atomic E-state index is 0.0134. The van der Waals surface area contributed by atoms with Gasteiger partial charge < -0.3 is 10.6 Å². The third-order valence-corrected chi connectivity index (χ3v) is 3.27. The smallest absolute Gasteiger partial charge is 0.239 e. The predicted octanol–water partition coefficient (Wildman–Crippen LogP) is 0.847. The van der Waals surface area contributed by atoms with E-state index in [0.29, 0.717) is 19.5 Å².